The first-order chi connectivity index (χ1) is 10.3. The molecule has 3 rings (SSSR count). The molecular formula is C15H24N4OS. The van der Waals surface area contributed by atoms with Gasteiger partial charge in [-0.25, -0.2) is 0 Å². The topological polar surface area (TPSA) is 41.8 Å². The second kappa shape index (κ2) is 6.77. The number of likely N-dealkylation sites (tertiary alicyclic amines) is 1. The molecule has 0 aliphatic carbocycles. The Morgan fingerprint density at radius 2 is 2.24 bits per heavy atom. The number of imidazole rings is 1. The molecule has 3 heterocycles. The lowest BCUT2D eigenvalue weighted by molar-refractivity contribution is 0.190. The quantitative estimate of drug-likeness (QED) is 0.888. The van der Waals surface area contributed by atoms with Crippen molar-refractivity contribution in [3.8, 4) is 5.88 Å². The molecule has 0 saturated carbocycles. The van der Waals surface area contributed by atoms with Crippen molar-refractivity contribution in [3.63, 3.8) is 0 Å². The molecule has 1 aliphatic rings. The van der Waals surface area contributed by atoms with Crippen molar-refractivity contribution in [2.45, 2.75) is 26.3 Å². The number of piperidine rings is 1. The zero-order valence-corrected chi connectivity index (χ0v) is 13.7. The van der Waals surface area contributed by atoms with E-state index in [1.54, 1.807) is 18.4 Å². The SMILES string of the molecule is CCN1CCC(CNCc2c(OC)nc3sccn23)CC1. The third kappa shape index (κ3) is 3.22. The highest BCUT2D eigenvalue weighted by atomic mass is 32.1. The molecule has 0 unspecified atom stereocenters. The van der Waals surface area contributed by atoms with Crippen LogP contribution in [0.4, 0.5) is 0 Å². The lowest BCUT2D eigenvalue weighted by Crippen LogP contribution is -2.37. The standard InChI is InChI=1S/C15H24N4OS/c1-3-18-6-4-12(5-7-18)10-16-11-13-14(20-2)17-15-19(13)8-9-21-15/h8-9,12,16H,3-7,10-11H2,1-2H3. The third-order valence-corrected chi connectivity index (χ3v) is 5.15. The molecule has 0 atom stereocenters. The van der Waals surface area contributed by atoms with Crippen molar-refractivity contribution in [2.75, 3.05) is 33.3 Å². The van der Waals surface area contributed by atoms with Crippen LogP contribution in [0, 0.1) is 5.92 Å². The van der Waals surface area contributed by atoms with Crippen molar-refractivity contribution in [2.24, 2.45) is 5.92 Å². The van der Waals surface area contributed by atoms with Gasteiger partial charge in [0.15, 0.2) is 4.96 Å². The maximum absolute atomic E-state index is 5.39. The second-order valence-corrected chi connectivity index (χ2v) is 6.50. The summed E-state index contributed by atoms with van der Waals surface area (Å²) in [6.07, 6.45) is 4.67. The maximum atomic E-state index is 5.39. The summed E-state index contributed by atoms with van der Waals surface area (Å²) in [4.78, 5) is 8.02. The van der Waals surface area contributed by atoms with Gasteiger partial charge in [-0.2, -0.15) is 4.98 Å². The number of hydrogen-bond acceptors (Lipinski definition) is 5. The Labute approximate surface area is 129 Å². The van der Waals surface area contributed by atoms with Gasteiger partial charge in [-0.1, -0.05) is 6.92 Å². The van der Waals surface area contributed by atoms with Gasteiger partial charge in [-0.3, -0.25) is 4.40 Å². The van der Waals surface area contributed by atoms with Gasteiger partial charge in [0, 0.05) is 18.1 Å². The number of aromatic nitrogens is 2. The van der Waals surface area contributed by atoms with E-state index in [-0.39, 0.29) is 0 Å². The van der Waals surface area contributed by atoms with Gasteiger partial charge < -0.3 is 15.0 Å². The molecule has 0 spiro atoms. The molecule has 1 fully saturated rings. The first-order valence-corrected chi connectivity index (χ1v) is 8.61. The Balaban J connectivity index is 1.53. The molecule has 1 aliphatic heterocycles. The first kappa shape index (κ1) is 14.8. The van der Waals surface area contributed by atoms with E-state index in [9.17, 15) is 0 Å². The minimum Gasteiger partial charge on any atom is -0.480 e. The minimum absolute atomic E-state index is 0.746. The molecule has 0 aromatic carbocycles. The zero-order chi connectivity index (χ0) is 14.7. The zero-order valence-electron chi connectivity index (χ0n) is 12.8. The van der Waals surface area contributed by atoms with Crippen LogP contribution in [-0.4, -0.2) is 47.6 Å². The van der Waals surface area contributed by atoms with Gasteiger partial charge in [-0.15, -0.1) is 11.3 Å². The Bertz CT molecular complexity index is 571. The van der Waals surface area contributed by atoms with Crippen molar-refractivity contribution in [3.05, 3.63) is 17.3 Å². The highest BCUT2D eigenvalue weighted by Crippen LogP contribution is 2.23. The molecule has 21 heavy (non-hydrogen) atoms. The predicted octanol–water partition coefficient (Wildman–Crippen LogP) is 2.23. The Kier molecular flexibility index (Phi) is 4.77. The summed E-state index contributed by atoms with van der Waals surface area (Å²) in [6.45, 7) is 7.81. The number of thiazole rings is 1. The molecule has 5 nitrogen and oxygen atoms in total. The smallest absolute Gasteiger partial charge is 0.237 e. The number of rotatable bonds is 6. The van der Waals surface area contributed by atoms with E-state index in [1.807, 2.05) is 0 Å². The predicted molar refractivity (Wildman–Crippen MR) is 86.2 cm³/mol. The van der Waals surface area contributed by atoms with Gasteiger partial charge in [0.1, 0.15) is 5.69 Å². The third-order valence-electron chi connectivity index (χ3n) is 4.40. The van der Waals surface area contributed by atoms with Crippen molar-refractivity contribution < 1.29 is 4.74 Å². The summed E-state index contributed by atoms with van der Waals surface area (Å²) in [5.74, 6) is 1.54. The van der Waals surface area contributed by atoms with Gasteiger partial charge in [0.2, 0.25) is 5.88 Å². The second-order valence-electron chi connectivity index (χ2n) is 5.63. The molecule has 1 N–H and O–H groups in total. The summed E-state index contributed by atoms with van der Waals surface area (Å²) in [7, 11) is 1.69. The maximum Gasteiger partial charge on any atom is 0.237 e. The summed E-state index contributed by atoms with van der Waals surface area (Å²) < 4.78 is 7.51. The Morgan fingerprint density at radius 1 is 1.43 bits per heavy atom. The number of ether oxygens (including phenoxy) is 1. The molecule has 2 aromatic rings. The summed E-state index contributed by atoms with van der Waals surface area (Å²) >= 11 is 1.64. The minimum atomic E-state index is 0.746. The van der Waals surface area contributed by atoms with Crippen molar-refractivity contribution >= 4 is 16.3 Å². The van der Waals surface area contributed by atoms with Crippen LogP contribution in [0.2, 0.25) is 0 Å². The van der Waals surface area contributed by atoms with Crippen LogP contribution >= 0.6 is 11.3 Å². The average molecular weight is 308 g/mol. The Morgan fingerprint density at radius 3 is 2.95 bits per heavy atom. The van der Waals surface area contributed by atoms with Crippen LogP contribution in [0.25, 0.3) is 4.96 Å². The lowest BCUT2D eigenvalue weighted by Gasteiger charge is -2.31. The van der Waals surface area contributed by atoms with Crippen LogP contribution in [-0.2, 0) is 6.54 Å². The van der Waals surface area contributed by atoms with E-state index in [1.165, 1.54) is 32.5 Å². The number of methoxy groups -OCH3 is 1. The highest BCUT2D eigenvalue weighted by molar-refractivity contribution is 7.15. The highest BCUT2D eigenvalue weighted by Gasteiger charge is 2.18. The molecule has 2 aromatic heterocycles. The number of nitrogens with one attached hydrogen (secondary N) is 1. The fourth-order valence-corrected chi connectivity index (χ4v) is 3.76. The van der Waals surface area contributed by atoms with Crippen LogP contribution < -0.4 is 10.1 Å². The summed E-state index contributed by atoms with van der Waals surface area (Å²) in [5, 5.41) is 5.65. The normalized spacial score (nSPS) is 17.6. The van der Waals surface area contributed by atoms with Crippen molar-refractivity contribution in [1.29, 1.82) is 0 Å². The lowest BCUT2D eigenvalue weighted by atomic mass is 9.97. The average Bonchev–Trinajstić information content (AvgIpc) is 3.09. The van der Waals surface area contributed by atoms with Gasteiger partial charge in [0.05, 0.1) is 7.11 Å². The fourth-order valence-electron chi connectivity index (χ4n) is 3.04. The molecule has 0 amide bonds. The van der Waals surface area contributed by atoms with Gasteiger partial charge >= 0.3 is 0 Å². The van der Waals surface area contributed by atoms with Crippen molar-refractivity contribution in [1.82, 2.24) is 19.6 Å². The van der Waals surface area contributed by atoms with Crippen LogP contribution in [0.1, 0.15) is 25.5 Å². The number of fused-ring (bicyclic) bond motifs is 1. The van der Waals surface area contributed by atoms with E-state index in [0.29, 0.717) is 0 Å². The first-order valence-electron chi connectivity index (χ1n) is 7.73. The molecule has 116 valence electrons. The Hall–Kier alpha value is -1.11. The summed E-state index contributed by atoms with van der Waals surface area (Å²) in [5.41, 5.74) is 1.12. The summed E-state index contributed by atoms with van der Waals surface area (Å²) in [6, 6.07) is 0. The molecular weight excluding hydrogens is 284 g/mol. The van der Waals surface area contributed by atoms with Crippen LogP contribution in [0.15, 0.2) is 11.6 Å². The molecule has 6 heteroatoms. The monoisotopic (exact) mass is 308 g/mol. The van der Waals surface area contributed by atoms with Crippen LogP contribution in [0.5, 0.6) is 5.88 Å². The van der Waals surface area contributed by atoms with Gasteiger partial charge in [0.25, 0.3) is 0 Å². The van der Waals surface area contributed by atoms with E-state index in [4.69, 9.17) is 4.74 Å². The van der Waals surface area contributed by atoms with E-state index < -0.39 is 0 Å². The van der Waals surface area contributed by atoms with Crippen LogP contribution in [0.3, 0.4) is 0 Å². The molecule has 1 saturated heterocycles. The fraction of sp³-hybridized carbons (Fsp3) is 0.667. The van der Waals surface area contributed by atoms with E-state index in [0.717, 1.165) is 35.5 Å². The molecule has 0 radical (unpaired) electrons. The number of nitrogens with zero attached hydrogens (tertiary/aromatic N) is 3. The molecule has 0 bridgehead atoms. The van der Waals surface area contributed by atoms with E-state index in [2.05, 4.69) is 38.1 Å². The van der Waals surface area contributed by atoms with Gasteiger partial charge in [-0.05, 0) is 44.9 Å². The number of hydrogen-bond donors (Lipinski definition) is 1. The largest absolute Gasteiger partial charge is 0.480 e. The van der Waals surface area contributed by atoms with E-state index >= 15 is 0 Å².